The van der Waals surface area contributed by atoms with Crippen molar-refractivity contribution in [1.29, 1.82) is 0 Å². The lowest BCUT2D eigenvalue weighted by Crippen LogP contribution is -2.49. The van der Waals surface area contributed by atoms with Crippen LogP contribution in [0.2, 0.25) is 18.1 Å². The summed E-state index contributed by atoms with van der Waals surface area (Å²) < 4.78 is 12.0. The number of fused-ring (bicyclic) bond motifs is 1. The van der Waals surface area contributed by atoms with Crippen LogP contribution in [0.1, 0.15) is 79.1 Å². The van der Waals surface area contributed by atoms with Gasteiger partial charge in [0.2, 0.25) is 0 Å². The summed E-state index contributed by atoms with van der Waals surface area (Å²) in [5, 5.41) is 0.261. The van der Waals surface area contributed by atoms with Crippen LogP contribution in [0.15, 0.2) is 0 Å². The maximum absolute atomic E-state index is 11.9. The normalized spacial score (nSPS) is 30.9. The van der Waals surface area contributed by atoms with E-state index in [1.807, 2.05) is 6.92 Å². The maximum atomic E-state index is 11.9. The Morgan fingerprint density at radius 1 is 1.17 bits per heavy atom. The summed E-state index contributed by atoms with van der Waals surface area (Å²) in [7, 11) is -1.73. The highest BCUT2D eigenvalue weighted by Crippen LogP contribution is 2.56. The van der Waals surface area contributed by atoms with Gasteiger partial charge in [-0.15, -0.1) is 0 Å². The molecule has 3 atom stereocenters. The second-order valence-electron chi connectivity index (χ2n) is 9.47. The molecule has 0 radical (unpaired) electrons. The van der Waals surface area contributed by atoms with Gasteiger partial charge in [0.1, 0.15) is 0 Å². The Labute approximate surface area is 150 Å². The Hall–Kier alpha value is -0.353. The molecule has 0 aromatic rings. The first-order valence-corrected chi connectivity index (χ1v) is 12.9. The van der Waals surface area contributed by atoms with Crippen molar-refractivity contribution in [3.63, 3.8) is 0 Å². The molecule has 3 nitrogen and oxygen atoms in total. The molecular formula is C20H38O3Si. The van der Waals surface area contributed by atoms with E-state index in [9.17, 15) is 4.79 Å². The van der Waals surface area contributed by atoms with Gasteiger partial charge in [-0.2, -0.15) is 0 Å². The Morgan fingerprint density at radius 3 is 2.38 bits per heavy atom. The summed E-state index contributed by atoms with van der Waals surface area (Å²) in [6, 6.07) is 0. The van der Waals surface area contributed by atoms with Crippen LogP contribution in [0, 0.1) is 11.3 Å². The average Bonchev–Trinajstić information content (AvgIpc) is 2.89. The predicted octanol–water partition coefficient (Wildman–Crippen LogP) is 5.69. The minimum atomic E-state index is -1.73. The summed E-state index contributed by atoms with van der Waals surface area (Å²) in [5.41, 5.74) is 0.331. The summed E-state index contributed by atoms with van der Waals surface area (Å²) >= 11 is 0. The molecule has 2 rings (SSSR count). The number of carbonyl (C=O) groups excluding carboxylic acids is 1. The van der Waals surface area contributed by atoms with E-state index in [0.29, 0.717) is 30.5 Å². The standard InChI is InChI=1S/C20H38O3Si/c1-7-22-18(21)12-15-20-13-8-10-16(20)17(11-9-14-20)23-24(5,6)19(2,3)4/h16-17H,7-15H2,1-6H3/t16-,17+,20-/m0/s1. The second-order valence-corrected chi connectivity index (χ2v) is 14.2. The van der Waals surface area contributed by atoms with Crippen LogP contribution in [-0.4, -0.2) is 27.0 Å². The summed E-state index contributed by atoms with van der Waals surface area (Å²) in [4.78, 5) is 11.9. The summed E-state index contributed by atoms with van der Waals surface area (Å²) in [6.07, 6.45) is 9.56. The molecule has 140 valence electrons. The fraction of sp³-hybridized carbons (Fsp3) is 0.950. The zero-order valence-corrected chi connectivity index (χ0v) is 17.7. The molecule has 0 heterocycles. The van der Waals surface area contributed by atoms with E-state index in [-0.39, 0.29) is 11.0 Å². The van der Waals surface area contributed by atoms with Crippen LogP contribution < -0.4 is 0 Å². The lowest BCUT2D eigenvalue weighted by Gasteiger charge is -2.48. The highest BCUT2D eigenvalue weighted by molar-refractivity contribution is 6.74. The van der Waals surface area contributed by atoms with Crippen LogP contribution >= 0.6 is 0 Å². The largest absolute Gasteiger partial charge is 0.466 e. The Kier molecular flexibility index (Phi) is 6.23. The molecule has 0 unspecified atom stereocenters. The van der Waals surface area contributed by atoms with E-state index in [1.165, 1.54) is 38.5 Å². The first-order chi connectivity index (χ1) is 11.1. The molecule has 4 heteroatoms. The van der Waals surface area contributed by atoms with E-state index in [2.05, 4.69) is 33.9 Å². The van der Waals surface area contributed by atoms with Gasteiger partial charge in [0.25, 0.3) is 0 Å². The number of carbonyl (C=O) groups is 1. The van der Waals surface area contributed by atoms with Gasteiger partial charge in [0.15, 0.2) is 8.32 Å². The minimum absolute atomic E-state index is 0.0232. The van der Waals surface area contributed by atoms with Crippen molar-refractivity contribution in [3.8, 4) is 0 Å². The first kappa shape index (κ1) is 20.0. The molecular weight excluding hydrogens is 316 g/mol. The zero-order chi connectivity index (χ0) is 18.0. The monoisotopic (exact) mass is 354 g/mol. The first-order valence-electron chi connectivity index (χ1n) is 9.95. The van der Waals surface area contributed by atoms with Gasteiger partial charge in [-0.3, -0.25) is 4.79 Å². The van der Waals surface area contributed by atoms with Gasteiger partial charge in [-0.1, -0.05) is 33.6 Å². The molecule has 0 spiro atoms. The second kappa shape index (κ2) is 7.49. The van der Waals surface area contributed by atoms with E-state index >= 15 is 0 Å². The van der Waals surface area contributed by atoms with Crippen molar-refractivity contribution in [2.24, 2.45) is 11.3 Å². The van der Waals surface area contributed by atoms with Crippen molar-refractivity contribution in [2.75, 3.05) is 6.61 Å². The smallest absolute Gasteiger partial charge is 0.305 e. The Morgan fingerprint density at radius 2 is 1.79 bits per heavy atom. The van der Waals surface area contributed by atoms with Gasteiger partial charge in [0, 0.05) is 12.5 Å². The highest BCUT2D eigenvalue weighted by atomic mass is 28.4. The lowest BCUT2D eigenvalue weighted by atomic mass is 9.64. The van der Waals surface area contributed by atoms with Crippen LogP contribution in [0.5, 0.6) is 0 Å². The number of esters is 1. The molecule has 24 heavy (non-hydrogen) atoms. The van der Waals surface area contributed by atoms with Crippen LogP contribution in [0.3, 0.4) is 0 Å². The third-order valence-corrected chi connectivity index (χ3v) is 11.5. The van der Waals surface area contributed by atoms with Crippen molar-refractivity contribution in [1.82, 2.24) is 0 Å². The van der Waals surface area contributed by atoms with Gasteiger partial charge < -0.3 is 9.16 Å². The van der Waals surface area contributed by atoms with Crippen molar-refractivity contribution < 1.29 is 14.0 Å². The molecule has 0 bridgehead atoms. The summed E-state index contributed by atoms with van der Waals surface area (Å²) in [6.45, 7) is 14.1. The van der Waals surface area contributed by atoms with Gasteiger partial charge >= 0.3 is 5.97 Å². The van der Waals surface area contributed by atoms with E-state index in [4.69, 9.17) is 9.16 Å². The predicted molar refractivity (Wildman–Crippen MR) is 102 cm³/mol. The van der Waals surface area contributed by atoms with Gasteiger partial charge in [0.05, 0.1) is 6.61 Å². The third kappa shape index (κ3) is 4.24. The number of hydrogen-bond acceptors (Lipinski definition) is 3. The van der Waals surface area contributed by atoms with Crippen LogP contribution in [0.4, 0.5) is 0 Å². The fourth-order valence-electron chi connectivity index (χ4n) is 4.63. The molecule has 0 N–H and O–H groups in total. The van der Waals surface area contributed by atoms with E-state index in [0.717, 1.165) is 6.42 Å². The summed E-state index contributed by atoms with van der Waals surface area (Å²) in [5.74, 6) is 0.625. The Bertz CT molecular complexity index is 441. The quantitative estimate of drug-likeness (QED) is 0.454. The molecule has 0 aliphatic heterocycles. The average molecular weight is 355 g/mol. The number of ether oxygens (including phenoxy) is 1. The number of hydrogen-bond donors (Lipinski definition) is 0. The maximum Gasteiger partial charge on any atom is 0.305 e. The highest BCUT2D eigenvalue weighted by Gasteiger charge is 2.51. The number of rotatable bonds is 6. The van der Waals surface area contributed by atoms with Crippen LogP contribution in [0.25, 0.3) is 0 Å². The van der Waals surface area contributed by atoms with Crippen molar-refractivity contribution >= 4 is 14.3 Å². The lowest BCUT2D eigenvalue weighted by molar-refractivity contribution is -0.144. The minimum Gasteiger partial charge on any atom is -0.466 e. The van der Waals surface area contributed by atoms with Gasteiger partial charge in [-0.05, 0) is 68.5 Å². The SMILES string of the molecule is CCOC(=O)CC[C@]12CCC[C@@H](O[Si](C)(C)C(C)(C)C)[C@@H]1CCC2. The van der Waals surface area contributed by atoms with Crippen LogP contribution in [-0.2, 0) is 14.0 Å². The molecule has 0 amide bonds. The van der Waals surface area contributed by atoms with E-state index < -0.39 is 8.32 Å². The van der Waals surface area contributed by atoms with Crippen molar-refractivity contribution in [2.45, 2.75) is 103 Å². The molecule has 2 aliphatic rings. The molecule has 2 saturated carbocycles. The molecule has 0 aromatic heterocycles. The third-order valence-electron chi connectivity index (χ3n) is 6.97. The fourth-order valence-corrected chi connectivity index (χ4v) is 6.02. The molecule has 2 fully saturated rings. The van der Waals surface area contributed by atoms with Gasteiger partial charge in [-0.25, -0.2) is 0 Å². The Balaban J connectivity index is 2.07. The molecule has 2 aliphatic carbocycles. The topological polar surface area (TPSA) is 35.5 Å². The van der Waals surface area contributed by atoms with E-state index in [1.54, 1.807) is 0 Å². The molecule has 0 saturated heterocycles. The molecule has 0 aromatic carbocycles. The zero-order valence-electron chi connectivity index (χ0n) is 16.7. The van der Waals surface area contributed by atoms with Crippen molar-refractivity contribution in [3.05, 3.63) is 0 Å².